The van der Waals surface area contributed by atoms with Crippen LogP contribution in [-0.2, 0) is 14.8 Å². The van der Waals surface area contributed by atoms with Crippen molar-refractivity contribution in [3.63, 3.8) is 0 Å². The molecule has 0 atom stereocenters. The fourth-order valence-corrected chi connectivity index (χ4v) is 3.19. The van der Waals surface area contributed by atoms with E-state index in [1.807, 2.05) is 0 Å². The van der Waals surface area contributed by atoms with Gasteiger partial charge >= 0.3 is 5.97 Å². The Balaban J connectivity index is 2.60. The Labute approximate surface area is 109 Å². The topological polar surface area (TPSA) is 103 Å². The van der Waals surface area contributed by atoms with E-state index in [0.717, 1.165) is 9.87 Å². The molecule has 1 aromatic carbocycles. The minimum absolute atomic E-state index is 0.0313. The van der Waals surface area contributed by atoms with Crippen molar-refractivity contribution in [3.8, 4) is 0 Å². The molecule has 1 aromatic heterocycles. The lowest BCUT2D eigenvalue weighted by Gasteiger charge is -2.15. The summed E-state index contributed by atoms with van der Waals surface area (Å²) in [6, 6.07) is 3.29. The molecule has 0 aliphatic carbocycles. The largest absolute Gasteiger partial charge is 0.480 e. The lowest BCUT2D eigenvalue weighted by molar-refractivity contribution is -0.137. The average molecular weight is 283 g/mol. The molecule has 0 spiro atoms. The van der Waals surface area contributed by atoms with Crippen molar-refractivity contribution in [2.75, 3.05) is 13.6 Å². The maximum absolute atomic E-state index is 12.3. The van der Waals surface area contributed by atoms with E-state index >= 15 is 0 Å². The zero-order chi connectivity index (χ0) is 14.2. The van der Waals surface area contributed by atoms with Crippen LogP contribution in [0.4, 0.5) is 0 Å². The number of aromatic nitrogens is 2. The minimum Gasteiger partial charge on any atom is -0.480 e. The minimum atomic E-state index is -3.87. The number of fused-ring (bicyclic) bond motifs is 1. The van der Waals surface area contributed by atoms with Gasteiger partial charge in [-0.1, -0.05) is 0 Å². The summed E-state index contributed by atoms with van der Waals surface area (Å²) >= 11 is 0. The van der Waals surface area contributed by atoms with Gasteiger partial charge in [-0.2, -0.15) is 9.40 Å². The summed E-state index contributed by atoms with van der Waals surface area (Å²) in [7, 11) is -2.64. The number of sulfonamides is 1. The van der Waals surface area contributed by atoms with Gasteiger partial charge in [-0.3, -0.25) is 9.89 Å². The van der Waals surface area contributed by atoms with Crippen LogP contribution in [0.5, 0.6) is 0 Å². The van der Waals surface area contributed by atoms with Gasteiger partial charge in [0.15, 0.2) is 0 Å². The van der Waals surface area contributed by atoms with Crippen molar-refractivity contribution in [1.29, 1.82) is 0 Å². The van der Waals surface area contributed by atoms with Crippen molar-refractivity contribution >= 4 is 26.9 Å². The van der Waals surface area contributed by atoms with Gasteiger partial charge in [-0.25, -0.2) is 8.42 Å². The number of aryl methyl sites for hydroxylation is 1. The van der Waals surface area contributed by atoms with Crippen molar-refractivity contribution in [1.82, 2.24) is 14.5 Å². The Kier molecular flexibility index (Phi) is 3.29. The standard InChI is InChI=1S/C11H13N3O4S/c1-7-3-8-5-12-13-11(8)9(4-7)19(17,18)14(2)6-10(15)16/h3-5H,6H2,1-2H3,(H,12,13)(H,15,16). The molecule has 2 N–H and O–H groups in total. The summed E-state index contributed by atoms with van der Waals surface area (Å²) in [5.74, 6) is -1.21. The van der Waals surface area contributed by atoms with Crippen molar-refractivity contribution in [3.05, 3.63) is 23.9 Å². The van der Waals surface area contributed by atoms with Crippen molar-refractivity contribution in [2.24, 2.45) is 0 Å². The van der Waals surface area contributed by atoms with E-state index in [1.165, 1.54) is 19.3 Å². The molecule has 0 saturated heterocycles. The number of carboxylic acids is 1. The molecule has 8 heteroatoms. The van der Waals surface area contributed by atoms with E-state index in [9.17, 15) is 13.2 Å². The number of aromatic amines is 1. The highest BCUT2D eigenvalue weighted by atomic mass is 32.2. The van der Waals surface area contributed by atoms with Gasteiger partial charge in [-0.15, -0.1) is 0 Å². The van der Waals surface area contributed by atoms with Gasteiger partial charge in [0.05, 0.1) is 11.7 Å². The Morgan fingerprint density at radius 2 is 2.16 bits per heavy atom. The van der Waals surface area contributed by atoms with Crippen LogP contribution in [0.1, 0.15) is 5.56 Å². The van der Waals surface area contributed by atoms with Crippen LogP contribution >= 0.6 is 0 Å². The normalized spacial score (nSPS) is 12.2. The van der Waals surface area contributed by atoms with Crippen LogP contribution in [0.15, 0.2) is 23.2 Å². The highest BCUT2D eigenvalue weighted by Gasteiger charge is 2.25. The van der Waals surface area contributed by atoms with E-state index in [-0.39, 0.29) is 4.90 Å². The number of benzene rings is 1. The van der Waals surface area contributed by atoms with Crippen LogP contribution in [-0.4, -0.2) is 47.6 Å². The lowest BCUT2D eigenvalue weighted by atomic mass is 10.2. The number of rotatable bonds is 4. The second kappa shape index (κ2) is 4.63. The average Bonchev–Trinajstić information content (AvgIpc) is 2.74. The number of carboxylic acid groups (broad SMARTS) is 1. The fourth-order valence-electron chi connectivity index (χ4n) is 1.81. The third-order valence-corrected chi connectivity index (χ3v) is 4.53. The first-order valence-electron chi connectivity index (χ1n) is 5.44. The quantitative estimate of drug-likeness (QED) is 0.854. The van der Waals surface area contributed by atoms with Gasteiger partial charge < -0.3 is 5.11 Å². The Bertz CT molecular complexity index is 735. The summed E-state index contributed by atoms with van der Waals surface area (Å²) < 4.78 is 25.5. The molecule has 2 rings (SSSR count). The van der Waals surface area contributed by atoms with Crippen LogP contribution in [0.3, 0.4) is 0 Å². The Morgan fingerprint density at radius 3 is 2.79 bits per heavy atom. The monoisotopic (exact) mass is 283 g/mol. The molecular weight excluding hydrogens is 270 g/mol. The number of carbonyl (C=O) groups is 1. The molecule has 0 unspecified atom stereocenters. The second-order valence-corrected chi connectivity index (χ2v) is 6.27. The number of nitrogens with zero attached hydrogens (tertiary/aromatic N) is 2. The van der Waals surface area contributed by atoms with E-state index in [1.54, 1.807) is 13.0 Å². The first kappa shape index (κ1) is 13.5. The molecule has 1 heterocycles. The summed E-state index contributed by atoms with van der Waals surface area (Å²) in [4.78, 5) is 10.7. The molecule has 0 aliphatic rings. The Hall–Kier alpha value is -1.93. The molecule has 0 fully saturated rings. The van der Waals surface area contributed by atoms with Gasteiger partial charge in [-0.05, 0) is 24.6 Å². The van der Waals surface area contributed by atoms with Crippen LogP contribution in [0, 0.1) is 6.92 Å². The number of hydrogen-bond acceptors (Lipinski definition) is 4. The molecule has 0 bridgehead atoms. The first-order chi connectivity index (χ1) is 8.82. The van der Waals surface area contributed by atoms with E-state index in [4.69, 9.17) is 5.11 Å². The summed E-state index contributed by atoms with van der Waals surface area (Å²) in [6.45, 7) is 1.18. The molecule has 2 aromatic rings. The molecule has 102 valence electrons. The Morgan fingerprint density at radius 1 is 1.47 bits per heavy atom. The summed E-state index contributed by atoms with van der Waals surface area (Å²) in [5.41, 5.74) is 1.14. The zero-order valence-electron chi connectivity index (χ0n) is 10.4. The molecule has 0 radical (unpaired) electrons. The maximum atomic E-state index is 12.3. The second-order valence-electron chi connectivity index (χ2n) is 4.25. The van der Waals surface area contributed by atoms with Crippen molar-refractivity contribution < 1.29 is 18.3 Å². The number of H-pyrrole nitrogens is 1. The van der Waals surface area contributed by atoms with Crippen LogP contribution in [0.25, 0.3) is 10.9 Å². The molecule has 19 heavy (non-hydrogen) atoms. The number of likely N-dealkylation sites (N-methyl/N-ethyl adjacent to an activating group) is 1. The zero-order valence-corrected chi connectivity index (χ0v) is 11.2. The molecule has 0 amide bonds. The SMILES string of the molecule is Cc1cc(S(=O)(=O)N(C)CC(=O)O)c2[nH]ncc2c1. The van der Waals surface area contributed by atoms with Crippen molar-refractivity contribution in [2.45, 2.75) is 11.8 Å². The number of aliphatic carboxylic acids is 1. The highest BCUT2D eigenvalue weighted by molar-refractivity contribution is 7.89. The number of hydrogen-bond donors (Lipinski definition) is 2. The third kappa shape index (κ3) is 2.45. The molecule has 0 saturated carbocycles. The van der Waals surface area contributed by atoms with Crippen LogP contribution in [0.2, 0.25) is 0 Å². The van der Waals surface area contributed by atoms with Gasteiger partial charge in [0, 0.05) is 12.4 Å². The van der Waals surface area contributed by atoms with Crippen LogP contribution < -0.4 is 0 Å². The van der Waals surface area contributed by atoms with Gasteiger partial charge in [0.1, 0.15) is 11.4 Å². The molecule has 0 aliphatic heterocycles. The van der Waals surface area contributed by atoms with E-state index in [2.05, 4.69) is 10.2 Å². The maximum Gasteiger partial charge on any atom is 0.318 e. The van der Waals surface area contributed by atoms with E-state index < -0.39 is 22.5 Å². The summed E-state index contributed by atoms with van der Waals surface area (Å²) in [5, 5.41) is 15.8. The lowest BCUT2D eigenvalue weighted by Crippen LogP contribution is -2.32. The highest BCUT2D eigenvalue weighted by Crippen LogP contribution is 2.25. The molecule has 7 nitrogen and oxygen atoms in total. The smallest absolute Gasteiger partial charge is 0.318 e. The summed E-state index contributed by atoms with van der Waals surface area (Å²) in [6.07, 6.45) is 1.53. The number of nitrogens with one attached hydrogen (secondary N) is 1. The fraction of sp³-hybridized carbons (Fsp3) is 0.273. The van der Waals surface area contributed by atoms with E-state index in [0.29, 0.717) is 10.9 Å². The predicted octanol–water partition coefficient (Wildman–Crippen LogP) is 0.576. The predicted molar refractivity (Wildman–Crippen MR) is 68.3 cm³/mol. The van der Waals surface area contributed by atoms with Gasteiger partial charge in [0.25, 0.3) is 0 Å². The first-order valence-corrected chi connectivity index (χ1v) is 6.88. The molecular formula is C11H13N3O4S. The third-order valence-electron chi connectivity index (χ3n) is 2.70. The van der Waals surface area contributed by atoms with Gasteiger partial charge in [0.2, 0.25) is 10.0 Å².